The van der Waals surface area contributed by atoms with Gasteiger partial charge in [0.15, 0.2) is 5.17 Å². The molecule has 3 nitrogen and oxygen atoms in total. The van der Waals surface area contributed by atoms with Crippen LogP contribution >= 0.6 is 23.5 Å². The van der Waals surface area contributed by atoms with E-state index < -0.39 is 0 Å². The number of carbonyl (C=O) groups is 1. The zero-order valence-electron chi connectivity index (χ0n) is 14.0. The van der Waals surface area contributed by atoms with Crippen molar-refractivity contribution in [3.05, 3.63) is 42.1 Å². The monoisotopic (exact) mass is 360 g/mol. The SMILES string of the molecule is CSc1ccc(C(CC2CCCC2)C(=O)NC2=NC=CCS2)cc1. The summed E-state index contributed by atoms with van der Waals surface area (Å²) in [6, 6.07) is 8.45. The van der Waals surface area contributed by atoms with Crippen molar-refractivity contribution in [2.45, 2.75) is 42.9 Å². The lowest BCUT2D eigenvalue weighted by Gasteiger charge is -2.21. The van der Waals surface area contributed by atoms with Crippen LogP contribution in [0.15, 0.2) is 46.4 Å². The van der Waals surface area contributed by atoms with Crippen LogP contribution in [0.25, 0.3) is 0 Å². The molecule has 1 saturated carbocycles. The Bertz CT molecular complexity index is 619. The van der Waals surface area contributed by atoms with Crippen LogP contribution in [0.5, 0.6) is 0 Å². The molecule has 1 heterocycles. The van der Waals surface area contributed by atoms with E-state index in [1.165, 1.54) is 30.6 Å². The van der Waals surface area contributed by atoms with Gasteiger partial charge in [0.25, 0.3) is 0 Å². The van der Waals surface area contributed by atoms with Gasteiger partial charge in [-0.3, -0.25) is 4.79 Å². The Balaban J connectivity index is 1.75. The third kappa shape index (κ3) is 4.67. The average molecular weight is 361 g/mol. The van der Waals surface area contributed by atoms with Gasteiger partial charge in [-0.15, -0.1) is 11.8 Å². The number of nitrogens with zero attached hydrogens (tertiary/aromatic N) is 1. The van der Waals surface area contributed by atoms with Gasteiger partial charge in [-0.25, -0.2) is 4.99 Å². The Morgan fingerprint density at radius 3 is 2.71 bits per heavy atom. The second kappa shape index (κ2) is 8.77. The molecule has 1 atom stereocenters. The summed E-state index contributed by atoms with van der Waals surface area (Å²) >= 11 is 3.31. The first-order valence-electron chi connectivity index (χ1n) is 8.56. The minimum atomic E-state index is -0.0850. The number of benzene rings is 1. The fraction of sp³-hybridized carbons (Fsp3) is 0.474. The highest BCUT2D eigenvalue weighted by atomic mass is 32.2. The van der Waals surface area contributed by atoms with Crippen molar-refractivity contribution in [2.24, 2.45) is 10.9 Å². The lowest BCUT2D eigenvalue weighted by molar-refractivity contribution is -0.121. The van der Waals surface area contributed by atoms with Crippen molar-refractivity contribution in [3.63, 3.8) is 0 Å². The third-order valence-corrected chi connectivity index (χ3v) is 6.31. The van der Waals surface area contributed by atoms with Crippen LogP contribution in [0.2, 0.25) is 0 Å². The van der Waals surface area contributed by atoms with Crippen LogP contribution in [0.4, 0.5) is 0 Å². The highest BCUT2D eigenvalue weighted by Gasteiger charge is 2.27. The Morgan fingerprint density at radius 1 is 1.33 bits per heavy atom. The van der Waals surface area contributed by atoms with Crippen molar-refractivity contribution < 1.29 is 4.79 Å². The summed E-state index contributed by atoms with van der Waals surface area (Å²) in [6.07, 6.45) is 11.9. The van der Waals surface area contributed by atoms with Crippen LogP contribution in [0.3, 0.4) is 0 Å². The van der Waals surface area contributed by atoms with Crippen molar-refractivity contribution in [3.8, 4) is 0 Å². The van der Waals surface area contributed by atoms with E-state index in [1.54, 1.807) is 29.7 Å². The number of carbonyl (C=O) groups excluding carboxylic acids is 1. The first-order valence-corrected chi connectivity index (χ1v) is 10.8. The minimum Gasteiger partial charge on any atom is -0.305 e. The summed E-state index contributed by atoms with van der Waals surface area (Å²) in [5.74, 6) is 1.54. The maximum absolute atomic E-state index is 12.9. The van der Waals surface area contributed by atoms with Gasteiger partial charge < -0.3 is 5.32 Å². The summed E-state index contributed by atoms with van der Waals surface area (Å²) in [5, 5.41) is 3.76. The van der Waals surface area contributed by atoms with Gasteiger partial charge in [0.2, 0.25) is 5.91 Å². The van der Waals surface area contributed by atoms with Crippen molar-refractivity contribution in [2.75, 3.05) is 12.0 Å². The molecular formula is C19H24N2OS2. The minimum absolute atomic E-state index is 0.0837. The van der Waals surface area contributed by atoms with E-state index in [9.17, 15) is 4.79 Å². The largest absolute Gasteiger partial charge is 0.305 e. The summed E-state index contributed by atoms with van der Waals surface area (Å²) in [7, 11) is 0. The molecule has 128 valence electrons. The van der Waals surface area contributed by atoms with Gasteiger partial charge in [-0.05, 0) is 36.3 Å². The van der Waals surface area contributed by atoms with Gasteiger partial charge >= 0.3 is 0 Å². The Labute approximate surface area is 152 Å². The van der Waals surface area contributed by atoms with E-state index in [4.69, 9.17) is 0 Å². The van der Waals surface area contributed by atoms with Gasteiger partial charge in [-0.1, -0.05) is 55.7 Å². The number of thioether (sulfide) groups is 2. The van der Waals surface area contributed by atoms with Crippen LogP contribution in [-0.2, 0) is 4.79 Å². The molecule has 0 radical (unpaired) electrons. The number of aliphatic imine (C=N–C) groups is 1. The molecule has 1 amide bonds. The van der Waals surface area contributed by atoms with E-state index in [2.05, 4.69) is 40.8 Å². The van der Waals surface area contributed by atoms with Crippen molar-refractivity contribution in [1.82, 2.24) is 5.32 Å². The highest BCUT2D eigenvalue weighted by molar-refractivity contribution is 8.14. The molecule has 1 aliphatic carbocycles. The van der Waals surface area contributed by atoms with Crippen molar-refractivity contribution in [1.29, 1.82) is 0 Å². The third-order valence-electron chi connectivity index (χ3n) is 4.72. The molecule has 0 spiro atoms. The molecule has 3 rings (SSSR count). The Kier molecular flexibility index (Phi) is 6.44. The zero-order chi connectivity index (χ0) is 16.8. The molecule has 1 aliphatic heterocycles. The maximum atomic E-state index is 12.9. The van der Waals surface area contributed by atoms with Crippen LogP contribution in [0, 0.1) is 5.92 Å². The number of hydrogen-bond donors (Lipinski definition) is 1. The second-order valence-corrected chi connectivity index (χ2v) is 8.22. The number of hydrogen-bond acceptors (Lipinski definition) is 4. The Morgan fingerprint density at radius 2 is 2.08 bits per heavy atom. The van der Waals surface area contributed by atoms with E-state index in [1.807, 2.05) is 6.08 Å². The van der Waals surface area contributed by atoms with E-state index in [0.29, 0.717) is 5.92 Å². The maximum Gasteiger partial charge on any atom is 0.233 e. The lowest BCUT2D eigenvalue weighted by atomic mass is 9.87. The van der Waals surface area contributed by atoms with Gasteiger partial charge in [-0.2, -0.15) is 0 Å². The number of amidine groups is 1. The van der Waals surface area contributed by atoms with E-state index in [0.717, 1.165) is 22.9 Å². The fourth-order valence-electron chi connectivity index (χ4n) is 3.40. The molecule has 1 N–H and O–H groups in total. The molecule has 1 aromatic rings. The van der Waals surface area contributed by atoms with Crippen LogP contribution < -0.4 is 5.32 Å². The quantitative estimate of drug-likeness (QED) is 0.767. The zero-order valence-corrected chi connectivity index (χ0v) is 15.7. The molecule has 2 aliphatic rings. The summed E-state index contributed by atoms with van der Waals surface area (Å²) in [6.45, 7) is 0. The molecule has 1 fully saturated rings. The van der Waals surface area contributed by atoms with Gasteiger partial charge in [0.05, 0.1) is 5.92 Å². The predicted octanol–water partition coefficient (Wildman–Crippen LogP) is 4.81. The molecule has 1 aromatic carbocycles. The standard InChI is InChI=1S/C19H24N2OS2/c1-23-16-9-7-15(8-10-16)17(13-14-5-2-3-6-14)18(22)21-19-20-11-4-12-24-19/h4,7-11,14,17H,2-3,5-6,12-13H2,1H3,(H,20,21,22). The van der Waals surface area contributed by atoms with Gasteiger partial charge in [0.1, 0.15) is 0 Å². The molecule has 0 saturated heterocycles. The average Bonchev–Trinajstić information content (AvgIpc) is 3.14. The number of rotatable bonds is 5. The summed E-state index contributed by atoms with van der Waals surface area (Å²) < 4.78 is 0. The van der Waals surface area contributed by atoms with E-state index in [-0.39, 0.29) is 11.8 Å². The smallest absolute Gasteiger partial charge is 0.233 e. The first kappa shape index (κ1) is 17.6. The summed E-state index contributed by atoms with van der Waals surface area (Å²) in [5.41, 5.74) is 1.12. The number of nitrogens with one attached hydrogen (secondary N) is 1. The molecule has 5 heteroatoms. The molecule has 24 heavy (non-hydrogen) atoms. The second-order valence-electron chi connectivity index (χ2n) is 6.33. The molecular weight excluding hydrogens is 336 g/mol. The fourth-order valence-corrected chi connectivity index (χ4v) is 4.46. The Hall–Kier alpha value is -1.20. The van der Waals surface area contributed by atoms with E-state index >= 15 is 0 Å². The number of amides is 1. The molecule has 1 unspecified atom stereocenters. The summed E-state index contributed by atoms with van der Waals surface area (Å²) in [4.78, 5) is 18.4. The molecule has 0 aromatic heterocycles. The first-order chi connectivity index (χ1) is 11.8. The topological polar surface area (TPSA) is 41.5 Å². The van der Waals surface area contributed by atoms with Crippen LogP contribution in [0.1, 0.15) is 43.6 Å². The van der Waals surface area contributed by atoms with Crippen molar-refractivity contribution >= 4 is 34.6 Å². The van der Waals surface area contributed by atoms with Crippen LogP contribution in [-0.4, -0.2) is 23.1 Å². The lowest BCUT2D eigenvalue weighted by Crippen LogP contribution is -2.34. The highest BCUT2D eigenvalue weighted by Crippen LogP contribution is 2.35. The normalized spacial score (nSPS) is 19.1. The predicted molar refractivity (Wildman–Crippen MR) is 105 cm³/mol. The van der Waals surface area contributed by atoms with Gasteiger partial charge in [0, 0.05) is 16.8 Å². The molecule has 0 bridgehead atoms.